The van der Waals surface area contributed by atoms with Gasteiger partial charge in [0.25, 0.3) is 0 Å². The number of rotatable bonds is 11. The predicted octanol–water partition coefficient (Wildman–Crippen LogP) is 4.88. The van der Waals surface area contributed by atoms with Crippen molar-refractivity contribution in [3.63, 3.8) is 0 Å². The van der Waals surface area contributed by atoms with E-state index in [9.17, 15) is 0 Å². The van der Waals surface area contributed by atoms with Gasteiger partial charge in [-0.1, -0.05) is 39.3 Å². The fourth-order valence-electron chi connectivity index (χ4n) is 2.33. The van der Waals surface area contributed by atoms with Crippen molar-refractivity contribution in [3.8, 4) is 5.75 Å². The highest BCUT2D eigenvalue weighted by Crippen LogP contribution is 2.29. The van der Waals surface area contributed by atoms with Crippen LogP contribution in [0.4, 0.5) is 0 Å². The van der Waals surface area contributed by atoms with Gasteiger partial charge in [-0.25, -0.2) is 0 Å². The Morgan fingerprint density at radius 3 is 2.29 bits per heavy atom. The van der Waals surface area contributed by atoms with Gasteiger partial charge in [0.1, 0.15) is 5.75 Å². The fourth-order valence-corrected chi connectivity index (χ4v) is 3.16. The van der Waals surface area contributed by atoms with Gasteiger partial charge in [-0.15, -0.1) is 0 Å². The zero-order chi connectivity index (χ0) is 15.6. The van der Waals surface area contributed by atoms with Gasteiger partial charge in [-0.05, 0) is 43.2 Å². The molecule has 0 amide bonds. The normalized spacial score (nSPS) is 11.6. The number of nitrogens with one attached hydrogen (secondary N) is 1. The molecule has 120 valence electrons. The van der Waals surface area contributed by atoms with Crippen molar-refractivity contribution in [2.45, 2.75) is 57.7 Å². The minimum atomic E-state index is 0.378. The van der Waals surface area contributed by atoms with Crippen LogP contribution in [-0.4, -0.2) is 24.2 Å². The van der Waals surface area contributed by atoms with Crippen molar-refractivity contribution >= 4 is 11.8 Å². The fraction of sp³-hybridized carbons (Fsp3) is 0.667. The lowest BCUT2D eigenvalue weighted by Gasteiger charge is -2.30. The largest absolute Gasteiger partial charge is 0.494 e. The Morgan fingerprint density at radius 1 is 1.10 bits per heavy atom. The molecule has 0 heterocycles. The Bertz CT molecular complexity index is 365. The lowest BCUT2D eigenvalue weighted by molar-refractivity contribution is 0.309. The highest BCUT2D eigenvalue weighted by Gasteiger charge is 2.23. The third-order valence-electron chi connectivity index (χ3n) is 4.19. The summed E-state index contributed by atoms with van der Waals surface area (Å²) in [4.78, 5) is 0. The van der Waals surface area contributed by atoms with E-state index in [-0.39, 0.29) is 0 Å². The first-order chi connectivity index (χ1) is 10.2. The van der Waals surface area contributed by atoms with Crippen LogP contribution in [0.3, 0.4) is 0 Å². The molecule has 0 saturated carbocycles. The molecule has 1 aromatic rings. The average Bonchev–Trinajstić information content (AvgIpc) is 2.54. The molecule has 0 bridgehead atoms. The summed E-state index contributed by atoms with van der Waals surface area (Å²) in [7, 11) is 0. The summed E-state index contributed by atoms with van der Waals surface area (Å²) in [5, 5.41) is 3.61. The first-order valence-corrected chi connectivity index (χ1v) is 9.39. The summed E-state index contributed by atoms with van der Waals surface area (Å²) < 4.78 is 6.07. The van der Waals surface area contributed by atoms with E-state index in [1.165, 1.54) is 24.8 Å². The Labute approximate surface area is 135 Å². The number of hydrogen-bond donors (Lipinski definition) is 1. The molecule has 0 aromatic heterocycles. The zero-order valence-electron chi connectivity index (χ0n) is 14.1. The van der Waals surface area contributed by atoms with Gasteiger partial charge in [0, 0.05) is 17.8 Å². The quantitative estimate of drug-likeness (QED) is 0.589. The molecule has 1 N–H and O–H groups in total. The van der Waals surface area contributed by atoms with Gasteiger partial charge in [-0.3, -0.25) is 0 Å². The summed E-state index contributed by atoms with van der Waals surface area (Å²) in [6.07, 6.45) is 6.93. The second kappa shape index (κ2) is 10.1. The second-order valence-electron chi connectivity index (χ2n) is 5.54. The van der Waals surface area contributed by atoms with Gasteiger partial charge in [-0.2, -0.15) is 11.8 Å². The molecule has 0 aliphatic heterocycles. The first-order valence-electron chi connectivity index (χ1n) is 8.17. The standard InChI is InChI=1S/C18H31NOS/c1-5-8-13-20-17-11-9-16(10-12-17)14-19-15-18(6-2,7-3)21-4/h9-12,19H,5-8,13-15H2,1-4H3. The zero-order valence-corrected chi connectivity index (χ0v) is 14.9. The van der Waals surface area contributed by atoms with Crippen LogP contribution < -0.4 is 10.1 Å². The molecular weight excluding hydrogens is 278 g/mol. The third-order valence-corrected chi connectivity index (χ3v) is 5.78. The highest BCUT2D eigenvalue weighted by molar-refractivity contribution is 8.00. The summed E-state index contributed by atoms with van der Waals surface area (Å²) in [5.41, 5.74) is 1.32. The van der Waals surface area contributed by atoms with Crippen molar-refractivity contribution in [2.24, 2.45) is 0 Å². The van der Waals surface area contributed by atoms with Gasteiger partial charge in [0.15, 0.2) is 0 Å². The van der Waals surface area contributed by atoms with Gasteiger partial charge >= 0.3 is 0 Å². The lowest BCUT2D eigenvalue weighted by atomic mass is 10.0. The molecule has 1 aromatic carbocycles. The monoisotopic (exact) mass is 309 g/mol. The highest BCUT2D eigenvalue weighted by atomic mass is 32.2. The van der Waals surface area contributed by atoms with Crippen LogP contribution in [0.5, 0.6) is 5.75 Å². The van der Waals surface area contributed by atoms with Crippen molar-refractivity contribution < 1.29 is 4.74 Å². The maximum atomic E-state index is 5.69. The van der Waals surface area contributed by atoms with Gasteiger partial charge in [0.05, 0.1) is 6.61 Å². The number of unbranched alkanes of at least 4 members (excludes halogenated alkanes) is 1. The van der Waals surface area contributed by atoms with E-state index in [2.05, 4.69) is 56.6 Å². The van der Waals surface area contributed by atoms with Gasteiger partial charge in [0.2, 0.25) is 0 Å². The number of ether oxygens (including phenoxy) is 1. The van der Waals surface area contributed by atoms with Crippen LogP contribution in [-0.2, 0) is 6.54 Å². The van der Waals surface area contributed by atoms with E-state index < -0.39 is 0 Å². The summed E-state index contributed by atoms with van der Waals surface area (Å²) in [5.74, 6) is 0.979. The topological polar surface area (TPSA) is 21.3 Å². The number of thioether (sulfide) groups is 1. The van der Waals surface area contributed by atoms with E-state index in [0.29, 0.717) is 4.75 Å². The average molecular weight is 310 g/mol. The Balaban J connectivity index is 2.38. The van der Waals surface area contributed by atoms with Crippen molar-refractivity contribution in [3.05, 3.63) is 29.8 Å². The number of hydrogen-bond acceptors (Lipinski definition) is 3. The molecule has 1 rings (SSSR count). The first kappa shape index (κ1) is 18.4. The Hall–Kier alpha value is -0.670. The van der Waals surface area contributed by atoms with Crippen molar-refractivity contribution in [1.82, 2.24) is 5.32 Å². The summed E-state index contributed by atoms with van der Waals surface area (Å²) >= 11 is 1.98. The van der Waals surface area contributed by atoms with Crippen LogP contribution in [0, 0.1) is 0 Å². The Morgan fingerprint density at radius 2 is 1.76 bits per heavy atom. The van der Waals surface area contributed by atoms with Crippen LogP contribution in [0.15, 0.2) is 24.3 Å². The molecule has 0 radical (unpaired) electrons. The SMILES string of the molecule is CCCCOc1ccc(CNCC(CC)(CC)SC)cc1. The molecule has 0 spiro atoms. The van der Waals surface area contributed by atoms with E-state index in [4.69, 9.17) is 4.74 Å². The predicted molar refractivity (Wildman–Crippen MR) is 95.4 cm³/mol. The van der Waals surface area contributed by atoms with Crippen LogP contribution in [0.1, 0.15) is 52.0 Å². The smallest absolute Gasteiger partial charge is 0.119 e. The van der Waals surface area contributed by atoms with E-state index >= 15 is 0 Å². The van der Waals surface area contributed by atoms with E-state index in [1.54, 1.807) is 0 Å². The summed E-state index contributed by atoms with van der Waals surface area (Å²) in [6, 6.07) is 8.47. The molecule has 21 heavy (non-hydrogen) atoms. The third kappa shape index (κ3) is 6.31. The molecule has 0 saturated heterocycles. The maximum absolute atomic E-state index is 5.69. The van der Waals surface area contributed by atoms with Crippen molar-refractivity contribution in [1.29, 1.82) is 0 Å². The maximum Gasteiger partial charge on any atom is 0.119 e. The molecule has 0 aliphatic carbocycles. The van der Waals surface area contributed by atoms with Crippen LogP contribution >= 0.6 is 11.8 Å². The van der Waals surface area contributed by atoms with Crippen molar-refractivity contribution in [2.75, 3.05) is 19.4 Å². The summed E-state index contributed by atoms with van der Waals surface area (Å²) in [6.45, 7) is 9.55. The molecule has 3 heteroatoms. The Kier molecular flexibility index (Phi) is 8.86. The van der Waals surface area contributed by atoms with E-state index in [1.807, 2.05) is 11.8 Å². The molecule has 0 atom stereocenters. The van der Waals surface area contributed by atoms with Crippen LogP contribution in [0.2, 0.25) is 0 Å². The molecule has 2 nitrogen and oxygen atoms in total. The lowest BCUT2D eigenvalue weighted by Crippen LogP contribution is -2.36. The second-order valence-corrected chi connectivity index (χ2v) is 6.82. The van der Waals surface area contributed by atoms with Crippen LogP contribution in [0.25, 0.3) is 0 Å². The minimum Gasteiger partial charge on any atom is -0.494 e. The van der Waals surface area contributed by atoms with Gasteiger partial charge < -0.3 is 10.1 Å². The van der Waals surface area contributed by atoms with E-state index in [0.717, 1.165) is 31.9 Å². The number of benzene rings is 1. The molecule has 0 unspecified atom stereocenters. The minimum absolute atomic E-state index is 0.378. The molecular formula is C18H31NOS. The molecule has 0 fully saturated rings. The molecule has 0 aliphatic rings.